The summed E-state index contributed by atoms with van der Waals surface area (Å²) < 4.78 is 8.19. The van der Waals surface area contributed by atoms with Gasteiger partial charge in [-0.25, -0.2) is 9.48 Å². The van der Waals surface area contributed by atoms with Gasteiger partial charge < -0.3 is 4.74 Å². The summed E-state index contributed by atoms with van der Waals surface area (Å²) in [5, 5.41) is 12.3. The van der Waals surface area contributed by atoms with Gasteiger partial charge in [0.15, 0.2) is 0 Å². The average Bonchev–Trinajstić information content (AvgIpc) is 3.15. The van der Waals surface area contributed by atoms with E-state index in [-0.39, 0.29) is 0 Å². The van der Waals surface area contributed by atoms with Crippen LogP contribution in [0.25, 0.3) is 11.3 Å². The van der Waals surface area contributed by atoms with Crippen LogP contribution in [0, 0.1) is 0 Å². The van der Waals surface area contributed by atoms with Crippen LogP contribution < -0.4 is 0 Å². The zero-order valence-corrected chi connectivity index (χ0v) is 13.9. The molecule has 0 fully saturated rings. The Balaban J connectivity index is 1.73. The summed E-state index contributed by atoms with van der Waals surface area (Å²) in [5.74, 6) is 0. The standard InChI is InChI=1S/C17H19N5O2/c1-17(2,3)24-16(23)22-11-14(9-18-22)15-12-21(20-19-15)10-13-7-5-4-6-8-13/h4-9,11-12H,10H2,1-3H3. The van der Waals surface area contributed by atoms with Gasteiger partial charge in [-0.2, -0.15) is 9.78 Å². The average molecular weight is 325 g/mol. The van der Waals surface area contributed by atoms with E-state index >= 15 is 0 Å². The third-order valence-electron chi connectivity index (χ3n) is 3.18. The molecular formula is C17H19N5O2. The topological polar surface area (TPSA) is 74.8 Å². The molecule has 24 heavy (non-hydrogen) atoms. The lowest BCUT2D eigenvalue weighted by atomic mass is 10.2. The second kappa shape index (κ2) is 6.27. The Morgan fingerprint density at radius 3 is 2.62 bits per heavy atom. The third-order valence-corrected chi connectivity index (χ3v) is 3.18. The van der Waals surface area contributed by atoms with Crippen molar-refractivity contribution in [2.75, 3.05) is 0 Å². The predicted octanol–water partition coefficient (Wildman–Crippen LogP) is 2.97. The van der Waals surface area contributed by atoms with E-state index in [9.17, 15) is 4.79 Å². The summed E-state index contributed by atoms with van der Waals surface area (Å²) in [4.78, 5) is 12.0. The van der Waals surface area contributed by atoms with Gasteiger partial charge >= 0.3 is 6.09 Å². The van der Waals surface area contributed by atoms with Crippen LogP contribution in [0.4, 0.5) is 4.79 Å². The molecule has 0 atom stereocenters. The smallest absolute Gasteiger partial charge is 0.435 e. The van der Waals surface area contributed by atoms with Crippen molar-refractivity contribution >= 4 is 6.09 Å². The number of nitrogens with zero attached hydrogens (tertiary/aromatic N) is 5. The van der Waals surface area contributed by atoms with Crippen molar-refractivity contribution in [3.8, 4) is 11.3 Å². The molecule has 0 amide bonds. The predicted molar refractivity (Wildman–Crippen MR) is 88.4 cm³/mol. The summed E-state index contributed by atoms with van der Waals surface area (Å²) >= 11 is 0. The van der Waals surface area contributed by atoms with Crippen molar-refractivity contribution in [3.05, 3.63) is 54.5 Å². The van der Waals surface area contributed by atoms with Gasteiger partial charge in [-0.15, -0.1) is 5.10 Å². The molecule has 0 saturated heterocycles. The number of benzene rings is 1. The van der Waals surface area contributed by atoms with Crippen molar-refractivity contribution in [2.45, 2.75) is 32.9 Å². The van der Waals surface area contributed by atoms with Crippen LogP contribution in [0.5, 0.6) is 0 Å². The molecule has 0 radical (unpaired) electrons. The minimum Gasteiger partial charge on any atom is -0.442 e. The first-order valence-electron chi connectivity index (χ1n) is 7.63. The molecule has 0 aliphatic heterocycles. The minimum atomic E-state index is -0.567. The maximum Gasteiger partial charge on any atom is 0.435 e. The molecule has 3 rings (SSSR count). The fourth-order valence-corrected chi connectivity index (χ4v) is 2.14. The third kappa shape index (κ3) is 3.87. The van der Waals surface area contributed by atoms with E-state index in [0.717, 1.165) is 10.2 Å². The number of ether oxygens (including phenoxy) is 1. The van der Waals surface area contributed by atoms with Crippen molar-refractivity contribution in [3.63, 3.8) is 0 Å². The SMILES string of the molecule is CC(C)(C)OC(=O)n1cc(-c2cn(Cc3ccccc3)nn2)cn1. The van der Waals surface area contributed by atoms with E-state index in [1.807, 2.05) is 57.3 Å². The largest absolute Gasteiger partial charge is 0.442 e. The Hall–Kier alpha value is -2.96. The molecule has 124 valence electrons. The fraction of sp³-hybridized carbons (Fsp3) is 0.294. The van der Waals surface area contributed by atoms with Crippen LogP contribution >= 0.6 is 0 Å². The zero-order valence-electron chi connectivity index (χ0n) is 13.9. The lowest BCUT2D eigenvalue weighted by molar-refractivity contribution is 0.0514. The lowest BCUT2D eigenvalue weighted by Gasteiger charge is -2.18. The summed E-state index contributed by atoms with van der Waals surface area (Å²) in [6, 6.07) is 10.0. The molecule has 0 unspecified atom stereocenters. The molecule has 7 heteroatoms. The van der Waals surface area contributed by atoms with Crippen molar-refractivity contribution < 1.29 is 9.53 Å². The molecule has 0 N–H and O–H groups in total. The molecular weight excluding hydrogens is 306 g/mol. The molecule has 3 aromatic rings. The first-order valence-corrected chi connectivity index (χ1v) is 7.63. The molecule has 0 aliphatic rings. The van der Waals surface area contributed by atoms with Gasteiger partial charge in [0.2, 0.25) is 0 Å². The maximum absolute atomic E-state index is 12.0. The van der Waals surface area contributed by atoms with Crippen LogP contribution in [0.2, 0.25) is 0 Å². The van der Waals surface area contributed by atoms with E-state index in [4.69, 9.17) is 4.74 Å². The van der Waals surface area contributed by atoms with Gasteiger partial charge in [0.05, 0.1) is 18.9 Å². The molecule has 2 aromatic heterocycles. The Bertz CT molecular complexity index is 830. The Morgan fingerprint density at radius 1 is 1.17 bits per heavy atom. The van der Waals surface area contributed by atoms with E-state index in [2.05, 4.69) is 15.4 Å². The maximum atomic E-state index is 12.0. The molecule has 0 bridgehead atoms. The van der Waals surface area contributed by atoms with Crippen LogP contribution in [0.15, 0.2) is 48.9 Å². The number of hydrogen-bond acceptors (Lipinski definition) is 5. The van der Waals surface area contributed by atoms with Crippen molar-refractivity contribution in [1.82, 2.24) is 24.8 Å². The first kappa shape index (κ1) is 15.9. The van der Waals surface area contributed by atoms with E-state index in [1.54, 1.807) is 17.1 Å². The van der Waals surface area contributed by atoms with E-state index in [1.165, 1.54) is 0 Å². The second-order valence-electron chi connectivity index (χ2n) is 6.44. The van der Waals surface area contributed by atoms with E-state index in [0.29, 0.717) is 17.8 Å². The highest BCUT2D eigenvalue weighted by molar-refractivity contribution is 5.71. The fourth-order valence-electron chi connectivity index (χ4n) is 2.14. The van der Waals surface area contributed by atoms with Crippen LogP contribution in [0.1, 0.15) is 26.3 Å². The highest BCUT2D eigenvalue weighted by atomic mass is 16.6. The quantitative estimate of drug-likeness (QED) is 0.740. The van der Waals surface area contributed by atoms with Gasteiger partial charge in [-0.1, -0.05) is 35.5 Å². The van der Waals surface area contributed by atoms with Gasteiger partial charge in [-0.3, -0.25) is 0 Å². The number of carbonyl (C=O) groups is 1. The van der Waals surface area contributed by atoms with Crippen LogP contribution in [-0.2, 0) is 11.3 Å². The molecule has 7 nitrogen and oxygen atoms in total. The van der Waals surface area contributed by atoms with Gasteiger partial charge in [-0.05, 0) is 26.3 Å². The van der Waals surface area contributed by atoms with Crippen molar-refractivity contribution in [2.24, 2.45) is 0 Å². The monoisotopic (exact) mass is 325 g/mol. The van der Waals surface area contributed by atoms with Crippen LogP contribution in [0.3, 0.4) is 0 Å². The zero-order chi connectivity index (χ0) is 17.2. The number of hydrogen-bond donors (Lipinski definition) is 0. The minimum absolute atomic E-state index is 0.523. The summed E-state index contributed by atoms with van der Waals surface area (Å²) in [6.45, 7) is 6.06. The molecule has 0 aliphatic carbocycles. The Kier molecular flexibility index (Phi) is 4.16. The highest BCUT2D eigenvalue weighted by Crippen LogP contribution is 2.16. The number of carbonyl (C=O) groups excluding carboxylic acids is 1. The molecule has 0 saturated carbocycles. The lowest BCUT2D eigenvalue weighted by Crippen LogP contribution is -2.27. The first-order chi connectivity index (χ1) is 11.4. The summed E-state index contributed by atoms with van der Waals surface area (Å²) in [7, 11) is 0. The van der Waals surface area contributed by atoms with Crippen molar-refractivity contribution in [1.29, 1.82) is 0 Å². The molecule has 0 spiro atoms. The molecule has 1 aromatic carbocycles. The number of aromatic nitrogens is 5. The Morgan fingerprint density at radius 2 is 1.92 bits per heavy atom. The van der Waals surface area contributed by atoms with Gasteiger partial charge in [0, 0.05) is 11.8 Å². The second-order valence-corrected chi connectivity index (χ2v) is 6.44. The van der Waals surface area contributed by atoms with Crippen LogP contribution in [-0.4, -0.2) is 36.5 Å². The highest BCUT2D eigenvalue weighted by Gasteiger charge is 2.19. The van der Waals surface area contributed by atoms with Gasteiger partial charge in [0.25, 0.3) is 0 Å². The normalized spacial score (nSPS) is 11.5. The van der Waals surface area contributed by atoms with Gasteiger partial charge in [0.1, 0.15) is 11.3 Å². The van der Waals surface area contributed by atoms with E-state index < -0.39 is 11.7 Å². The number of rotatable bonds is 3. The summed E-state index contributed by atoms with van der Waals surface area (Å²) in [6.07, 6.45) is 4.46. The summed E-state index contributed by atoms with van der Waals surface area (Å²) in [5.41, 5.74) is 1.93. The molecule has 2 heterocycles. The Labute approximate surface area is 139 Å².